The second-order valence-electron chi connectivity index (χ2n) is 9.59. The van der Waals surface area contributed by atoms with Gasteiger partial charge in [-0.05, 0) is 43.7 Å². The summed E-state index contributed by atoms with van der Waals surface area (Å²) in [5.74, 6) is -1.46. The van der Waals surface area contributed by atoms with E-state index in [0.717, 1.165) is 27.3 Å². The van der Waals surface area contributed by atoms with Gasteiger partial charge in [-0.3, -0.25) is 23.7 Å². The Hall–Kier alpha value is -3.17. The van der Waals surface area contributed by atoms with Crippen molar-refractivity contribution in [2.24, 2.45) is 5.92 Å². The molecule has 5 rings (SSSR count). The first-order valence-electron chi connectivity index (χ1n) is 11.3. The molecule has 0 unspecified atom stereocenters. The van der Waals surface area contributed by atoms with Crippen molar-refractivity contribution in [3.05, 3.63) is 74.2 Å². The minimum absolute atomic E-state index is 0.164. The fraction of sp³-hybridized carbons (Fsp3) is 0.308. The molecule has 7 nitrogen and oxygen atoms in total. The Morgan fingerprint density at radius 2 is 1.71 bits per heavy atom. The van der Waals surface area contributed by atoms with Crippen molar-refractivity contribution < 1.29 is 14.4 Å². The van der Waals surface area contributed by atoms with Gasteiger partial charge >= 0.3 is 4.87 Å². The lowest BCUT2D eigenvalue weighted by molar-refractivity contribution is -0.123. The Morgan fingerprint density at radius 3 is 2.40 bits per heavy atom. The van der Waals surface area contributed by atoms with Crippen LogP contribution in [-0.4, -0.2) is 27.5 Å². The molecule has 2 aliphatic heterocycles. The number of carbonyl (C=O) groups is 3. The number of anilines is 2. The zero-order valence-electron chi connectivity index (χ0n) is 19.8. The summed E-state index contributed by atoms with van der Waals surface area (Å²) in [5, 5.41) is 2.77. The number of fused-ring (bicyclic) bond motifs is 2. The summed E-state index contributed by atoms with van der Waals surface area (Å²) in [6.45, 7) is 7.52. The molecule has 3 heterocycles. The summed E-state index contributed by atoms with van der Waals surface area (Å²) < 4.78 is 1.43. The van der Waals surface area contributed by atoms with Crippen LogP contribution in [0.3, 0.4) is 0 Å². The number of nitrogens with zero attached hydrogens (tertiary/aromatic N) is 2. The maximum absolute atomic E-state index is 13.5. The van der Waals surface area contributed by atoms with Crippen molar-refractivity contribution in [2.45, 2.75) is 49.9 Å². The predicted octanol–water partition coefficient (Wildman–Crippen LogP) is 4.11. The second-order valence-corrected chi connectivity index (χ2v) is 11.7. The van der Waals surface area contributed by atoms with Gasteiger partial charge in [0.2, 0.25) is 17.7 Å². The third-order valence-corrected chi connectivity index (χ3v) is 9.42. The van der Waals surface area contributed by atoms with Crippen LogP contribution in [0.4, 0.5) is 11.4 Å². The number of benzene rings is 2. The van der Waals surface area contributed by atoms with E-state index in [9.17, 15) is 19.2 Å². The van der Waals surface area contributed by atoms with Crippen molar-refractivity contribution in [1.82, 2.24) is 4.57 Å². The van der Waals surface area contributed by atoms with E-state index in [1.54, 1.807) is 18.2 Å². The van der Waals surface area contributed by atoms with Crippen LogP contribution in [0.25, 0.3) is 0 Å². The summed E-state index contributed by atoms with van der Waals surface area (Å²) in [6.07, 6.45) is 0. The van der Waals surface area contributed by atoms with Gasteiger partial charge in [-0.15, -0.1) is 0 Å². The van der Waals surface area contributed by atoms with Crippen LogP contribution in [0.1, 0.15) is 29.9 Å². The van der Waals surface area contributed by atoms with Gasteiger partial charge in [0.05, 0.1) is 16.6 Å². The average Bonchev–Trinajstić information content (AvgIpc) is 3.24. The lowest BCUT2D eigenvalue weighted by atomic mass is 9.76. The normalized spacial score (nSPS) is 20.5. The van der Waals surface area contributed by atoms with Gasteiger partial charge in [-0.1, -0.05) is 66.8 Å². The van der Waals surface area contributed by atoms with E-state index in [0.29, 0.717) is 16.4 Å². The van der Waals surface area contributed by atoms with Crippen LogP contribution in [-0.2, 0) is 26.3 Å². The van der Waals surface area contributed by atoms with E-state index in [1.807, 2.05) is 58.0 Å². The Kier molecular flexibility index (Phi) is 5.72. The molecule has 0 bridgehead atoms. The van der Waals surface area contributed by atoms with E-state index < -0.39 is 16.6 Å². The van der Waals surface area contributed by atoms with Crippen molar-refractivity contribution in [2.75, 3.05) is 10.2 Å². The van der Waals surface area contributed by atoms with Crippen LogP contribution in [0, 0.1) is 19.8 Å². The highest BCUT2D eigenvalue weighted by Gasteiger charge is 2.59. The molecule has 1 N–H and O–H groups in total. The largest absolute Gasteiger partial charge is 0.325 e. The van der Waals surface area contributed by atoms with Crippen molar-refractivity contribution >= 4 is 52.2 Å². The van der Waals surface area contributed by atoms with Gasteiger partial charge in [0.25, 0.3) is 0 Å². The summed E-state index contributed by atoms with van der Waals surface area (Å²) in [5.41, 5.74) is 2.52. The summed E-state index contributed by atoms with van der Waals surface area (Å²) in [6, 6.07) is 14.7. The first-order chi connectivity index (χ1) is 16.6. The second kappa shape index (κ2) is 8.49. The fourth-order valence-electron chi connectivity index (χ4n) is 4.78. The lowest BCUT2D eigenvalue weighted by Gasteiger charge is -2.36. The molecular formula is C26H25N3O4S2. The maximum Gasteiger partial charge on any atom is 0.308 e. The number of aryl methyl sites for hydroxylation is 2. The number of aromatic nitrogens is 1. The highest BCUT2D eigenvalue weighted by molar-refractivity contribution is 8.00. The molecule has 2 atom stereocenters. The van der Waals surface area contributed by atoms with E-state index >= 15 is 0 Å². The third kappa shape index (κ3) is 3.92. The quantitative estimate of drug-likeness (QED) is 0.537. The molecule has 1 aromatic heterocycles. The Morgan fingerprint density at radius 1 is 1.00 bits per heavy atom. The number of thioether (sulfide) groups is 1. The molecule has 3 amide bonds. The monoisotopic (exact) mass is 507 g/mol. The van der Waals surface area contributed by atoms with Crippen LogP contribution in [0.5, 0.6) is 0 Å². The van der Waals surface area contributed by atoms with Crippen molar-refractivity contribution in [1.29, 1.82) is 0 Å². The topological polar surface area (TPSA) is 88.5 Å². The number of carbonyl (C=O) groups excluding carboxylic acids is 3. The molecule has 9 heteroatoms. The minimum Gasteiger partial charge on any atom is -0.325 e. The van der Waals surface area contributed by atoms with Gasteiger partial charge in [0.15, 0.2) is 0 Å². The summed E-state index contributed by atoms with van der Waals surface area (Å²) in [7, 11) is 0. The van der Waals surface area contributed by atoms with Crippen LogP contribution < -0.4 is 15.1 Å². The van der Waals surface area contributed by atoms with Crippen LogP contribution in [0.2, 0.25) is 0 Å². The lowest BCUT2D eigenvalue weighted by Crippen LogP contribution is -2.41. The van der Waals surface area contributed by atoms with Gasteiger partial charge in [-0.25, -0.2) is 4.90 Å². The zero-order chi connectivity index (χ0) is 25.1. The van der Waals surface area contributed by atoms with E-state index in [2.05, 4.69) is 5.32 Å². The molecule has 35 heavy (non-hydrogen) atoms. The number of thiazole rings is 1. The summed E-state index contributed by atoms with van der Waals surface area (Å²) >= 11 is 2.27. The molecule has 0 radical (unpaired) electrons. The zero-order valence-corrected chi connectivity index (χ0v) is 21.5. The average molecular weight is 508 g/mol. The van der Waals surface area contributed by atoms with Crippen molar-refractivity contribution in [3.8, 4) is 0 Å². The van der Waals surface area contributed by atoms with E-state index in [1.165, 1.54) is 21.2 Å². The molecule has 0 aliphatic carbocycles. The first kappa shape index (κ1) is 23.6. The Labute approximate surface area is 211 Å². The van der Waals surface area contributed by atoms with Gasteiger partial charge < -0.3 is 5.32 Å². The Balaban J connectivity index is 1.47. The molecule has 3 aromatic rings. The summed E-state index contributed by atoms with van der Waals surface area (Å²) in [4.78, 5) is 54.5. The van der Waals surface area contributed by atoms with Gasteiger partial charge in [0, 0.05) is 16.0 Å². The predicted molar refractivity (Wildman–Crippen MR) is 138 cm³/mol. The van der Waals surface area contributed by atoms with Gasteiger partial charge in [-0.2, -0.15) is 0 Å². The molecule has 0 spiro atoms. The fourth-order valence-corrected chi connectivity index (χ4v) is 7.82. The number of rotatable bonds is 4. The van der Waals surface area contributed by atoms with Gasteiger partial charge in [0.1, 0.15) is 11.8 Å². The molecule has 2 aromatic carbocycles. The molecule has 1 saturated heterocycles. The minimum atomic E-state index is -0.737. The molecular weight excluding hydrogens is 482 g/mol. The number of hydrogen-bond acceptors (Lipinski definition) is 6. The standard InChI is InChI=1S/C26H25N3O4S2/c1-14-8-10-17(11-9-14)29-22(31)19-20(23(29)32)34-24-21(26(19,3)4)35-25(33)28(24)13-18(30)27-16-7-5-6-15(2)12-16/h5-12,19-20H,13H2,1-4H3,(H,27,30)/t19-,20+/m1/s1. The number of hydrogen-bond donors (Lipinski definition) is 1. The van der Waals surface area contributed by atoms with Crippen molar-refractivity contribution in [3.63, 3.8) is 0 Å². The van der Waals surface area contributed by atoms with Crippen LogP contribution in [0.15, 0.2) is 58.4 Å². The maximum atomic E-state index is 13.5. The highest BCUT2D eigenvalue weighted by atomic mass is 32.2. The number of nitrogens with one attached hydrogen (secondary N) is 1. The number of amides is 3. The van der Waals surface area contributed by atoms with E-state index in [-0.39, 0.29) is 29.1 Å². The van der Waals surface area contributed by atoms with E-state index in [4.69, 9.17) is 0 Å². The smallest absolute Gasteiger partial charge is 0.308 e. The SMILES string of the molecule is Cc1ccc(N2C(=O)[C@H]3Sc4c(sc(=O)n4CC(=O)Nc4cccc(C)c4)C(C)(C)[C@H]3C2=O)cc1. The Bertz CT molecular complexity index is 1420. The highest BCUT2D eigenvalue weighted by Crippen LogP contribution is 2.54. The third-order valence-electron chi connectivity index (χ3n) is 6.60. The molecule has 1 fully saturated rings. The molecule has 2 aliphatic rings. The molecule has 180 valence electrons. The van der Waals surface area contributed by atoms with Crippen LogP contribution >= 0.6 is 23.1 Å². The molecule has 0 saturated carbocycles. The number of imide groups is 1. The first-order valence-corrected chi connectivity index (χ1v) is 13.0.